The van der Waals surface area contributed by atoms with Gasteiger partial charge in [-0.1, -0.05) is 163 Å². The Hall–Kier alpha value is -6.58. The van der Waals surface area contributed by atoms with Crippen molar-refractivity contribution in [1.82, 2.24) is 4.57 Å². The van der Waals surface area contributed by atoms with E-state index in [1.165, 1.54) is 94.3 Å². The zero-order valence-corrected chi connectivity index (χ0v) is 28.6. The number of fused-ring (bicyclic) bond motifs is 7. The van der Waals surface area contributed by atoms with Gasteiger partial charge in [-0.25, -0.2) is 0 Å². The molecule has 0 spiro atoms. The van der Waals surface area contributed by atoms with Crippen molar-refractivity contribution in [3.8, 4) is 27.9 Å². The quantitative estimate of drug-likeness (QED) is 0.171. The summed E-state index contributed by atoms with van der Waals surface area (Å²) in [6, 6.07) is 69.3. The van der Waals surface area contributed by atoms with Crippen LogP contribution in [-0.2, 0) is 6.42 Å². The predicted octanol–water partition coefficient (Wildman–Crippen LogP) is 10.3. The fraction of sp³-hybridized carbons (Fsp3) is 0.0204. The van der Waals surface area contributed by atoms with Crippen molar-refractivity contribution >= 4 is 62.0 Å². The normalized spacial score (nSPS) is 12.8. The van der Waals surface area contributed by atoms with E-state index in [9.17, 15) is 0 Å². The fourth-order valence-corrected chi connectivity index (χ4v) is 9.13. The molecule has 9 aromatic rings. The number of para-hydroxylation sites is 4. The van der Waals surface area contributed by atoms with Crippen molar-refractivity contribution in [2.24, 2.45) is 0 Å². The molecule has 2 nitrogen and oxygen atoms in total. The van der Waals surface area contributed by atoms with Gasteiger partial charge in [0.05, 0.1) is 11.0 Å². The minimum Gasteiger partial charge on any atom is -0.311 e. The highest BCUT2D eigenvalue weighted by Crippen LogP contribution is 2.44. The van der Waals surface area contributed by atoms with Crippen LogP contribution in [0.2, 0.25) is 0 Å². The maximum Gasteiger partial charge on any atom is 0.247 e. The highest BCUT2D eigenvalue weighted by atomic mass is 15.2. The molecule has 0 fully saturated rings. The molecule has 1 aromatic heterocycles. The lowest BCUT2D eigenvalue weighted by atomic mass is 9.32. The van der Waals surface area contributed by atoms with Crippen molar-refractivity contribution in [2.45, 2.75) is 6.42 Å². The first-order valence-electron chi connectivity index (χ1n) is 18.2. The van der Waals surface area contributed by atoms with E-state index < -0.39 is 0 Å². The van der Waals surface area contributed by atoms with Crippen molar-refractivity contribution in [3.05, 3.63) is 199 Å². The van der Waals surface area contributed by atoms with Crippen LogP contribution in [0.1, 0.15) is 11.1 Å². The molecule has 0 amide bonds. The standard InChI is InChI=1S/C49H33BN2/c1-4-16-33(17-5-1)39-23-14-25-41-42-26-15-24-40(34-18-6-2-7-19-34)49(42)52(48(39)41)38-31-36-30-35-20-10-11-27-43(35)50-44-28-12-13-29-45(44)51(46(32-38)47(36)50)37-21-8-3-9-22-37/h1-29,31-32H,30H2. The van der Waals surface area contributed by atoms with E-state index >= 15 is 0 Å². The minimum atomic E-state index is 0.165. The van der Waals surface area contributed by atoms with Crippen LogP contribution in [0.25, 0.3) is 49.7 Å². The lowest BCUT2D eigenvalue weighted by molar-refractivity contribution is 1.13. The second-order valence-corrected chi connectivity index (χ2v) is 14.0. The first-order chi connectivity index (χ1) is 25.8. The van der Waals surface area contributed by atoms with Gasteiger partial charge in [-0.15, -0.1) is 0 Å². The third-order valence-corrected chi connectivity index (χ3v) is 11.2. The van der Waals surface area contributed by atoms with Gasteiger partial charge in [0.15, 0.2) is 0 Å². The monoisotopic (exact) mass is 660 g/mol. The minimum absolute atomic E-state index is 0.165. The zero-order valence-electron chi connectivity index (χ0n) is 28.6. The molecule has 0 aliphatic carbocycles. The maximum atomic E-state index is 2.57. The molecule has 0 saturated heterocycles. The van der Waals surface area contributed by atoms with Gasteiger partial charge in [-0.2, -0.15) is 0 Å². The molecule has 0 unspecified atom stereocenters. The second-order valence-electron chi connectivity index (χ2n) is 14.0. The molecule has 0 N–H and O–H groups in total. The Morgan fingerprint density at radius 1 is 0.404 bits per heavy atom. The number of benzene rings is 8. The first-order valence-corrected chi connectivity index (χ1v) is 18.2. The number of nitrogens with zero attached hydrogens (tertiary/aromatic N) is 2. The van der Waals surface area contributed by atoms with Gasteiger partial charge < -0.3 is 9.47 Å². The Balaban J connectivity index is 1.30. The van der Waals surface area contributed by atoms with Gasteiger partial charge >= 0.3 is 0 Å². The molecule has 3 heteroatoms. The van der Waals surface area contributed by atoms with Crippen LogP contribution in [0.15, 0.2) is 188 Å². The van der Waals surface area contributed by atoms with E-state index in [4.69, 9.17) is 0 Å². The summed E-state index contributed by atoms with van der Waals surface area (Å²) in [6.07, 6.45) is 0.891. The van der Waals surface area contributed by atoms with E-state index in [1.807, 2.05) is 0 Å². The molecule has 52 heavy (non-hydrogen) atoms. The summed E-state index contributed by atoms with van der Waals surface area (Å²) < 4.78 is 2.57. The Morgan fingerprint density at radius 3 is 1.62 bits per heavy atom. The molecule has 0 saturated carbocycles. The smallest absolute Gasteiger partial charge is 0.247 e. The maximum absolute atomic E-state index is 2.57. The predicted molar refractivity (Wildman–Crippen MR) is 220 cm³/mol. The van der Waals surface area contributed by atoms with Gasteiger partial charge in [-0.3, -0.25) is 0 Å². The van der Waals surface area contributed by atoms with Crippen LogP contribution >= 0.6 is 0 Å². The van der Waals surface area contributed by atoms with Gasteiger partial charge in [0, 0.05) is 44.6 Å². The average Bonchev–Trinajstić information content (AvgIpc) is 3.56. The van der Waals surface area contributed by atoms with Gasteiger partial charge in [-0.05, 0) is 69.9 Å². The fourth-order valence-electron chi connectivity index (χ4n) is 9.13. The van der Waals surface area contributed by atoms with E-state index in [1.54, 1.807) is 0 Å². The van der Waals surface area contributed by atoms with Crippen molar-refractivity contribution < 1.29 is 0 Å². The number of hydrogen-bond acceptors (Lipinski definition) is 1. The number of hydrogen-bond donors (Lipinski definition) is 0. The molecule has 3 heterocycles. The van der Waals surface area contributed by atoms with E-state index in [0.717, 1.165) is 6.42 Å². The zero-order chi connectivity index (χ0) is 34.2. The molecular weight excluding hydrogens is 627 g/mol. The highest BCUT2D eigenvalue weighted by Gasteiger charge is 2.40. The van der Waals surface area contributed by atoms with E-state index in [2.05, 4.69) is 198 Å². The molecule has 2 aliphatic heterocycles. The molecule has 0 bridgehead atoms. The molecule has 2 aliphatic rings. The number of rotatable bonds is 4. The van der Waals surface area contributed by atoms with Crippen LogP contribution in [-0.4, -0.2) is 11.3 Å². The second kappa shape index (κ2) is 11.5. The van der Waals surface area contributed by atoms with Gasteiger partial charge in [0.1, 0.15) is 0 Å². The lowest BCUT2D eigenvalue weighted by Gasteiger charge is -2.41. The summed E-state index contributed by atoms with van der Waals surface area (Å²) in [5, 5.41) is 2.52. The highest BCUT2D eigenvalue weighted by molar-refractivity contribution is 6.98. The van der Waals surface area contributed by atoms with Gasteiger partial charge in [0.25, 0.3) is 0 Å². The third kappa shape index (κ3) is 4.26. The van der Waals surface area contributed by atoms with Crippen molar-refractivity contribution in [3.63, 3.8) is 0 Å². The van der Waals surface area contributed by atoms with Crippen LogP contribution in [0, 0.1) is 0 Å². The van der Waals surface area contributed by atoms with E-state index in [-0.39, 0.29) is 6.71 Å². The van der Waals surface area contributed by atoms with Crippen LogP contribution in [0.5, 0.6) is 0 Å². The molecule has 8 aromatic carbocycles. The van der Waals surface area contributed by atoms with Crippen LogP contribution < -0.4 is 21.3 Å². The molecular formula is C49H33BN2. The molecule has 0 atom stereocenters. The topological polar surface area (TPSA) is 8.17 Å². The summed E-state index contributed by atoms with van der Waals surface area (Å²) >= 11 is 0. The summed E-state index contributed by atoms with van der Waals surface area (Å²) in [7, 11) is 0. The summed E-state index contributed by atoms with van der Waals surface area (Å²) in [6.45, 7) is 0.165. The Kier molecular flexibility index (Phi) is 6.44. The Labute approximate surface area is 303 Å². The number of anilines is 3. The SMILES string of the molecule is c1ccc(-c2cccc3c4cccc(-c5ccccc5)c4n(-c4cc5c6c(c4)N(c4ccccc4)c4ccccc4B6c4ccccc4C5)c23)cc1. The third-order valence-electron chi connectivity index (χ3n) is 11.2. The summed E-state index contributed by atoms with van der Waals surface area (Å²) in [4.78, 5) is 2.51. The molecule has 0 radical (unpaired) electrons. The molecule has 242 valence electrons. The average molecular weight is 661 g/mol. The largest absolute Gasteiger partial charge is 0.311 e. The van der Waals surface area contributed by atoms with Crippen molar-refractivity contribution in [2.75, 3.05) is 4.90 Å². The Bertz CT molecular complexity index is 2720. The summed E-state index contributed by atoms with van der Waals surface area (Å²) in [5.74, 6) is 0. The van der Waals surface area contributed by atoms with Crippen molar-refractivity contribution in [1.29, 1.82) is 0 Å². The number of aromatic nitrogens is 1. The summed E-state index contributed by atoms with van der Waals surface area (Å²) in [5.41, 5.74) is 19.2. The van der Waals surface area contributed by atoms with Gasteiger partial charge in [0.2, 0.25) is 6.71 Å². The lowest BCUT2D eigenvalue weighted by Crippen LogP contribution is -2.61. The Morgan fingerprint density at radius 2 is 0.962 bits per heavy atom. The van der Waals surface area contributed by atoms with E-state index in [0.29, 0.717) is 0 Å². The van der Waals surface area contributed by atoms with Crippen LogP contribution in [0.3, 0.4) is 0 Å². The first kappa shape index (κ1) is 29.2. The van der Waals surface area contributed by atoms with Crippen LogP contribution in [0.4, 0.5) is 17.1 Å². The molecule has 11 rings (SSSR count).